The summed E-state index contributed by atoms with van der Waals surface area (Å²) in [6, 6.07) is 0. The molecule has 0 atom stereocenters. The van der Waals surface area contributed by atoms with Gasteiger partial charge >= 0.3 is 5.69 Å². The molecule has 0 spiro atoms. The first-order valence-corrected chi connectivity index (χ1v) is 9.27. The normalized spacial score (nSPS) is 19.1. The fraction of sp³-hybridized carbons (Fsp3) is 0.500. The van der Waals surface area contributed by atoms with E-state index in [1.807, 2.05) is 13.0 Å². The van der Waals surface area contributed by atoms with Crippen LogP contribution in [-0.4, -0.2) is 9.97 Å². The second-order valence-corrected chi connectivity index (χ2v) is 7.95. The molecule has 1 heterocycles. The monoisotopic (exact) mass is 340 g/mol. The molecular weight excluding hydrogens is 308 g/mol. The van der Waals surface area contributed by atoms with Gasteiger partial charge in [0.05, 0.1) is 5.69 Å². The van der Waals surface area contributed by atoms with E-state index in [1.54, 1.807) is 17.3 Å². The quantitative estimate of drug-likeness (QED) is 0.490. The maximum atomic E-state index is 11.1. The smallest absolute Gasteiger partial charge is 0.312 e. The van der Waals surface area contributed by atoms with E-state index in [0.29, 0.717) is 5.41 Å². The minimum atomic E-state index is -0.172. The topological polar surface area (TPSA) is 48.6 Å². The summed E-state index contributed by atoms with van der Waals surface area (Å²) in [5, 5.41) is 0. The molecule has 25 heavy (non-hydrogen) atoms. The fourth-order valence-electron chi connectivity index (χ4n) is 3.71. The maximum absolute atomic E-state index is 11.1. The zero-order valence-electron chi connectivity index (χ0n) is 16.3. The van der Waals surface area contributed by atoms with Gasteiger partial charge in [0.15, 0.2) is 0 Å². The van der Waals surface area contributed by atoms with Crippen molar-refractivity contribution in [1.29, 1.82) is 0 Å². The van der Waals surface area contributed by atoms with E-state index in [9.17, 15) is 4.79 Å². The Morgan fingerprint density at radius 3 is 2.72 bits per heavy atom. The molecule has 0 aliphatic heterocycles. The van der Waals surface area contributed by atoms with E-state index in [0.717, 1.165) is 17.7 Å². The minimum Gasteiger partial charge on any atom is -0.312 e. The molecule has 0 amide bonds. The number of rotatable bonds is 6. The zero-order valence-corrected chi connectivity index (χ0v) is 16.3. The zero-order chi connectivity index (χ0) is 18.4. The van der Waals surface area contributed by atoms with Gasteiger partial charge in [0.1, 0.15) is 0 Å². The van der Waals surface area contributed by atoms with Gasteiger partial charge in [-0.15, -0.1) is 0 Å². The molecule has 0 aromatic carbocycles. The van der Waals surface area contributed by atoms with E-state index < -0.39 is 0 Å². The lowest BCUT2D eigenvalue weighted by Gasteiger charge is -2.34. The predicted molar refractivity (Wildman–Crippen MR) is 108 cm³/mol. The SMILES string of the molecule is CC1=C(CC/C(C)=C/C=C/C(C)=C/c2c[nH]c(=O)[nH]2)C(C)(C)CCC1. The van der Waals surface area contributed by atoms with Crippen LogP contribution in [0.2, 0.25) is 0 Å². The van der Waals surface area contributed by atoms with E-state index in [-0.39, 0.29) is 5.69 Å². The number of H-pyrrole nitrogens is 2. The Kier molecular flexibility index (Phi) is 6.46. The Morgan fingerprint density at radius 2 is 2.08 bits per heavy atom. The number of aromatic amines is 2. The summed E-state index contributed by atoms with van der Waals surface area (Å²) in [5.74, 6) is 0. The van der Waals surface area contributed by atoms with Crippen molar-refractivity contribution in [3.63, 3.8) is 0 Å². The van der Waals surface area contributed by atoms with Gasteiger partial charge in [-0.2, -0.15) is 0 Å². The largest absolute Gasteiger partial charge is 0.323 e. The van der Waals surface area contributed by atoms with E-state index in [4.69, 9.17) is 0 Å². The molecule has 2 N–H and O–H groups in total. The van der Waals surface area contributed by atoms with E-state index in [1.165, 1.54) is 31.3 Å². The Balaban J connectivity index is 1.93. The van der Waals surface area contributed by atoms with Crippen LogP contribution < -0.4 is 5.69 Å². The number of hydrogen-bond acceptors (Lipinski definition) is 1. The van der Waals surface area contributed by atoms with Crippen molar-refractivity contribution < 1.29 is 0 Å². The molecule has 1 aromatic heterocycles. The summed E-state index contributed by atoms with van der Waals surface area (Å²) in [4.78, 5) is 16.4. The highest BCUT2D eigenvalue weighted by Crippen LogP contribution is 2.42. The third kappa shape index (κ3) is 5.77. The maximum Gasteiger partial charge on any atom is 0.323 e. The number of imidazole rings is 1. The van der Waals surface area contributed by atoms with Crippen LogP contribution in [-0.2, 0) is 0 Å². The van der Waals surface area contributed by atoms with Gasteiger partial charge in [-0.25, -0.2) is 4.79 Å². The molecule has 0 fully saturated rings. The van der Waals surface area contributed by atoms with Crippen LogP contribution in [0.1, 0.15) is 72.4 Å². The average molecular weight is 341 g/mol. The van der Waals surface area contributed by atoms with Gasteiger partial charge in [0, 0.05) is 6.20 Å². The van der Waals surface area contributed by atoms with Crippen LogP contribution in [0.3, 0.4) is 0 Å². The van der Waals surface area contributed by atoms with Gasteiger partial charge in [0.25, 0.3) is 0 Å². The van der Waals surface area contributed by atoms with Gasteiger partial charge in [-0.05, 0) is 69.9 Å². The Morgan fingerprint density at radius 1 is 1.32 bits per heavy atom. The third-order valence-corrected chi connectivity index (χ3v) is 5.19. The Labute approximate surface area is 151 Å². The van der Waals surface area contributed by atoms with Gasteiger partial charge in [-0.1, -0.05) is 48.8 Å². The first-order chi connectivity index (χ1) is 11.8. The second-order valence-electron chi connectivity index (χ2n) is 7.95. The highest BCUT2D eigenvalue weighted by Gasteiger charge is 2.27. The van der Waals surface area contributed by atoms with Crippen molar-refractivity contribution in [2.45, 2.75) is 66.7 Å². The van der Waals surface area contributed by atoms with Crippen molar-refractivity contribution in [2.24, 2.45) is 5.41 Å². The summed E-state index contributed by atoms with van der Waals surface area (Å²) in [5.41, 5.74) is 6.78. The van der Waals surface area contributed by atoms with Gasteiger partial charge in [0.2, 0.25) is 0 Å². The molecule has 1 aromatic rings. The summed E-state index contributed by atoms with van der Waals surface area (Å²) in [6.07, 6.45) is 16.2. The van der Waals surface area contributed by atoms with Crippen LogP contribution in [0.15, 0.2) is 51.5 Å². The van der Waals surface area contributed by atoms with Gasteiger partial charge in [-0.3, -0.25) is 0 Å². The highest BCUT2D eigenvalue weighted by atomic mass is 16.1. The lowest BCUT2D eigenvalue weighted by Crippen LogP contribution is -2.20. The number of nitrogens with one attached hydrogen (secondary N) is 2. The first kappa shape index (κ1) is 19.3. The van der Waals surface area contributed by atoms with E-state index in [2.05, 4.69) is 55.9 Å². The third-order valence-electron chi connectivity index (χ3n) is 5.19. The standard InChI is InChI=1S/C22H32N2O/c1-16(11-12-20-18(3)10-7-13-22(20,4)5)8-6-9-17(2)14-19-15-23-21(25)24-19/h6,8-9,14-15H,7,10-13H2,1-5H3,(H2,23,24,25)/b9-6+,16-8+,17-14+. The molecule has 0 unspecified atom stereocenters. The molecule has 0 radical (unpaired) electrons. The molecule has 2 rings (SSSR count). The lowest BCUT2D eigenvalue weighted by molar-refractivity contribution is 0.354. The molecule has 0 saturated carbocycles. The molecule has 3 nitrogen and oxygen atoms in total. The summed E-state index contributed by atoms with van der Waals surface area (Å²) in [7, 11) is 0. The molecule has 1 aliphatic carbocycles. The second kappa shape index (κ2) is 8.37. The highest BCUT2D eigenvalue weighted by molar-refractivity contribution is 5.51. The Bertz CT molecular complexity index is 766. The number of aromatic nitrogens is 2. The Hall–Kier alpha value is -2.03. The van der Waals surface area contributed by atoms with Crippen molar-refractivity contribution >= 4 is 6.08 Å². The molecule has 0 saturated heterocycles. The molecule has 0 bridgehead atoms. The van der Waals surface area contributed by atoms with Crippen LogP contribution in [0.4, 0.5) is 0 Å². The molecular formula is C22H32N2O. The fourth-order valence-corrected chi connectivity index (χ4v) is 3.71. The number of allylic oxidation sites excluding steroid dienone is 7. The lowest BCUT2D eigenvalue weighted by atomic mass is 9.71. The predicted octanol–water partition coefficient (Wildman–Crippen LogP) is 5.92. The van der Waals surface area contributed by atoms with Crippen molar-refractivity contribution in [3.8, 4) is 0 Å². The summed E-state index contributed by atoms with van der Waals surface area (Å²) < 4.78 is 0. The minimum absolute atomic E-state index is 0.172. The molecule has 136 valence electrons. The van der Waals surface area contributed by atoms with Crippen molar-refractivity contribution in [3.05, 3.63) is 62.9 Å². The van der Waals surface area contributed by atoms with Crippen LogP contribution in [0.5, 0.6) is 0 Å². The first-order valence-electron chi connectivity index (χ1n) is 9.27. The van der Waals surface area contributed by atoms with Gasteiger partial charge < -0.3 is 9.97 Å². The average Bonchev–Trinajstić information content (AvgIpc) is 2.91. The van der Waals surface area contributed by atoms with Crippen LogP contribution in [0.25, 0.3) is 6.08 Å². The number of hydrogen-bond donors (Lipinski definition) is 2. The molecule has 1 aliphatic rings. The molecule has 3 heteroatoms. The van der Waals surface area contributed by atoms with E-state index >= 15 is 0 Å². The van der Waals surface area contributed by atoms with Crippen molar-refractivity contribution in [1.82, 2.24) is 9.97 Å². The summed E-state index contributed by atoms with van der Waals surface area (Å²) in [6.45, 7) is 11.3. The van der Waals surface area contributed by atoms with Crippen LogP contribution >= 0.6 is 0 Å². The van der Waals surface area contributed by atoms with Crippen molar-refractivity contribution in [2.75, 3.05) is 0 Å². The summed E-state index contributed by atoms with van der Waals surface area (Å²) >= 11 is 0. The van der Waals surface area contributed by atoms with Crippen LogP contribution in [0, 0.1) is 5.41 Å².